The second-order valence-electron chi connectivity index (χ2n) is 5.32. The number of hydrogen-bond donors (Lipinski definition) is 1. The van der Waals surface area contributed by atoms with E-state index in [1.54, 1.807) is 0 Å². The summed E-state index contributed by atoms with van der Waals surface area (Å²) < 4.78 is 74.3. The van der Waals surface area contributed by atoms with Gasteiger partial charge in [-0.1, -0.05) is 11.8 Å². The van der Waals surface area contributed by atoms with Crippen molar-refractivity contribution in [3.63, 3.8) is 0 Å². The first kappa shape index (κ1) is 22.5. The molecule has 0 atom stereocenters. The minimum Gasteiger partial charge on any atom is -0.418 e. The number of carbonyl (C=O) groups is 4. The number of nitrogens with one attached hydrogen (secondary N) is 1. The second kappa shape index (κ2) is 9.65. The summed E-state index contributed by atoms with van der Waals surface area (Å²) in [4.78, 5) is 46.5. The average Bonchev–Trinajstić information content (AvgIpc) is 3.00. The van der Waals surface area contributed by atoms with E-state index in [2.05, 4.69) is 14.8 Å². The lowest BCUT2D eigenvalue weighted by Crippen LogP contribution is -2.38. The smallest absolute Gasteiger partial charge is 0.337 e. The molecule has 0 radical (unpaired) electrons. The van der Waals surface area contributed by atoms with Crippen LogP contribution in [0.25, 0.3) is 0 Å². The summed E-state index contributed by atoms with van der Waals surface area (Å²) in [6, 6.07) is 0. The van der Waals surface area contributed by atoms with E-state index < -0.39 is 71.1 Å². The third-order valence-corrected chi connectivity index (χ3v) is 4.20. The molecule has 1 aromatic carbocycles. The van der Waals surface area contributed by atoms with Crippen molar-refractivity contribution in [3.8, 4) is 5.75 Å². The van der Waals surface area contributed by atoms with E-state index in [4.69, 9.17) is 0 Å². The Kier molecular flexibility index (Phi) is 7.50. The number of halogens is 5. The Labute approximate surface area is 163 Å². The lowest BCUT2D eigenvalue weighted by Gasteiger charge is -2.13. The number of hydrogen-bond acceptors (Lipinski definition) is 7. The molecule has 1 N–H and O–H groups in total. The first-order chi connectivity index (χ1) is 13.6. The molecule has 14 heteroatoms. The van der Waals surface area contributed by atoms with Gasteiger partial charge in [0, 0.05) is 13.1 Å². The molecule has 158 valence electrons. The predicted octanol–water partition coefficient (Wildman–Crippen LogP) is 1.12. The maximum absolute atomic E-state index is 13.4. The van der Waals surface area contributed by atoms with Gasteiger partial charge in [0.05, 0.1) is 5.75 Å². The van der Waals surface area contributed by atoms with Crippen LogP contribution in [0.15, 0.2) is 0 Å². The number of rotatable bonds is 8. The highest BCUT2D eigenvalue weighted by molar-refractivity contribution is 8.14. The van der Waals surface area contributed by atoms with Crippen molar-refractivity contribution in [2.45, 2.75) is 0 Å². The van der Waals surface area contributed by atoms with Crippen LogP contribution in [-0.4, -0.2) is 60.0 Å². The van der Waals surface area contributed by atoms with Gasteiger partial charge < -0.3 is 14.8 Å². The standard InChI is InChI=1S/C15H11F5N2O6S/c16-9-10(17)12(19)14(13(20)11(9)18)28-8(25)4-27-3-6(23)21-1-2-22-7(24)5-29-15(22)26/h1-5H2,(H,21,23). The highest BCUT2D eigenvalue weighted by atomic mass is 32.2. The van der Waals surface area contributed by atoms with Crippen LogP contribution in [0.4, 0.5) is 26.7 Å². The van der Waals surface area contributed by atoms with Crippen molar-refractivity contribution in [2.75, 3.05) is 32.1 Å². The van der Waals surface area contributed by atoms with Gasteiger partial charge in [-0.25, -0.2) is 18.0 Å². The minimum atomic E-state index is -2.41. The van der Waals surface area contributed by atoms with Crippen LogP contribution in [-0.2, 0) is 19.1 Å². The Hall–Kier alpha value is -2.74. The van der Waals surface area contributed by atoms with Gasteiger partial charge in [-0.15, -0.1) is 0 Å². The highest BCUT2D eigenvalue weighted by Gasteiger charge is 2.30. The third kappa shape index (κ3) is 5.41. The van der Waals surface area contributed by atoms with E-state index in [9.17, 15) is 41.1 Å². The van der Waals surface area contributed by atoms with Crippen molar-refractivity contribution in [2.24, 2.45) is 0 Å². The lowest BCUT2D eigenvalue weighted by atomic mass is 10.2. The van der Waals surface area contributed by atoms with Crippen LogP contribution in [0.1, 0.15) is 0 Å². The van der Waals surface area contributed by atoms with Crippen LogP contribution in [0.3, 0.4) is 0 Å². The minimum absolute atomic E-state index is 0.0149. The summed E-state index contributed by atoms with van der Waals surface area (Å²) in [6.45, 7) is -1.91. The number of esters is 1. The number of amides is 3. The van der Waals surface area contributed by atoms with Gasteiger partial charge in [-0.05, 0) is 0 Å². The molecule has 1 aliphatic heterocycles. The average molecular weight is 442 g/mol. The summed E-state index contributed by atoms with van der Waals surface area (Å²) in [6.07, 6.45) is 0. The Morgan fingerprint density at radius 2 is 1.55 bits per heavy atom. The fourth-order valence-corrected chi connectivity index (χ4v) is 2.75. The fourth-order valence-electron chi connectivity index (χ4n) is 2.00. The molecule has 1 aromatic rings. The number of nitrogens with zero attached hydrogens (tertiary/aromatic N) is 1. The molecule has 1 aliphatic rings. The number of benzene rings is 1. The first-order valence-corrected chi connectivity index (χ1v) is 8.65. The Bertz CT molecular complexity index is 823. The topological polar surface area (TPSA) is 102 Å². The third-order valence-electron chi connectivity index (χ3n) is 3.34. The maximum Gasteiger partial charge on any atom is 0.337 e. The van der Waals surface area contributed by atoms with Crippen molar-refractivity contribution < 1.29 is 50.6 Å². The number of ether oxygens (including phenoxy) is 2. The van der Waals surface area contributed by atoms with Crippen LogP contribution < -0.4 is 10.1 Å². The van der Waals surface area contributed by atoms with E-state index >= 15 is 0 Å². The monoisotopic (exact) mass is 442 g/mol. The molecule has 0 unspecified atom stereocenters. The summed E-state index contributed by atoms with van der Waals surface area (Å²) in [5, 5.41) is 1.83. The van der Waals surface area contributed by atoms with Gasteiger partial charge in [-0.3, -0.25) is 19.3 Å². The van der Waals surface area contributed by atoms with Crippen LogP contribution in [0.5, 0.6) is 5.75 Å². The van der Waals surface area contributed by atoms with Gasteiger partial charge in [0.2, 0.25) is 46.6 Å². The van der Waals surface area contributed by atoms with Crippen molar-refractivity contribution in [1.82, 2.24) is 10.2 Å². The zero-order valence-electron chi connectivity index (χ0n) is 14.2. The van der Waals surface area contributed by atoms with Crippen LogP contribution in [0, 0.1) is 29.1 Å². The molecular formula is C15H11F5N2O6S. The van der Waals surface area contributed by atoms with E-state index in [0.29, 0.717) is 0 Å². The Balaban J connectivity index is 1.75. The van der Waals surface area contributed by atoms with Gasteiger partial charge in [0.25, 0.3) is 5.24 Å². The molecule has 0 aliphatic carbocycles. The molecule has 3 amide bonds. The molecule has 2 rings (SSSR count). The Morgan fingerprint density at radius 3 is 2.10 bits per heavy atom. The molecule has 0 saturated carbocycles. The summed E-state index contributed by atoms with van der Waals surface area (Å²) >= 11 is 0.822. The molecule has 0 aromatic heterocycles. The molecule has 1 fully saturated rings. The SMILES string of the molecule is O=C(COCC(=O)Oc1c(F)c(F)c(F)c(F)c1F)NCCN1C(=O)CSC1=O. The van der Waals surface area contributed by atoms with Gasteiger partial charge in [-0.2, -0.15) is 8.78 Å². The van der Waals surface area contributed by atoms with E-state index in [1.165, 1.54) is 0 Å². The van der Waals surface area contributed by atoms with Crippen molar-refractivity contribution in [3.05, 3.63) is 29.1 Å². The molecule has 1 heterocycles. The van der Waals surface area contributed by atoms with Gasteiger partial charge >= 0.3 is 5.97 Å². The zero-order chi connectivity index (χ0) is 21.7. The number of carbonyl (C=O) groups excluding carboxylic acids is 4. The summed E-state index contributed by atoms with van der Waals surface area (Å²) in [5.74, 6) is -16.1. The second-order valence-corrected chi connectivity index (χ2v) is 6.24. The van der Waals surface area contributed by atoms with Gasteiger partial charge in [0.1, 0.15) is 13.2 Å². The molecule has 0 spiro atoms. The maximum atomic E-state index is 13.4. The quantitative estimate of drug-likeness (QED) is 0.212. The normalized spacial score (nSPS) is 13.8. The summed E-state index contributed by atoms with van der Waals surface area (Å²) in [5.41, 5.74) is 0. The fraction of sp³-hybridized carbons (Fsp3) is 0.333. The van der Waals surface area contributed by atoms with Crippen LogP contribution >= 0.6 is 11.8 Å². The summed E-state index contributed by atoms with van der Waals surface area (Å²) in [7, 11) is 0. The van der Waals surface area contributed by atoms with Crippen LogP contribution in [0.2, 0.25) is 0 Å². The van der Waals surface area contributed by atoms with E-state index in [0.717, 1.165) is 16.7 Å². The first-order valence-electron chi connectivity index (χ1n) is 7.67. The molecule has 29 heavy (non-hydrogen) atoms. The number of thioether (sulfide) groups is 1. The lowest BCUT2D eigenvalue weighted by molar-refractivity contribution is -0.141. The molecule has 1 saturated heterocycles. The van der Waals surface area contributed by atoms with Crippen molar-refractivity contribution in [1.29, 1.82) is 0 Å². The zero-order valence-corrected chi connectivity index (χ0v) is 15.0. The predicted molar refractivity (Wildman–Crippen MR) is 85.3 cm³/mol. The largest absolute Gasteiger partial charge is 0.418 e. The Morgan fingerprint density at radius 1 is 0.966 bits per heavy atom. The van der Waals surface area contributed by atoms with E-state index in [-0.39, 0.29) is 18.8 Å². The molecule has 8 nitrogen and oxygen atoms in total. The van der Waals surface area contributed by atoms with Crippen molar-refractivity contribution >= 4 is 34.8 Å². The van der Waals surface area contributed by atoms with Gasteiger partial charge in [0.15, 0.2) is 0 Å². The highest BCUT2D eigenvalue weighted by Crippen LogP contribution is 2.29. The number of imide groups is 1. The van der Waals surface area contributed by atoms with E-state index in [1.807, 2.05) is 0 Å². The molecular weight excluding hydrogens is 431 g/mol. The molecule has 0 bridgehead atoms.